The van der Waals surface area contributed by atoms with Gasteiger partial charge in [0.2, 0.25) is 5.91 Å². The van der Waals surface area contributed by atoms with E-state index in [1.807, 2.05) is 24.3 Å². The number of benzene rings is 2. The highest BCUT2D eigenvalue weighted by atomic mass is 16.4. The molecule has 1 aromatic heterocycles. The van der Waals surface area contributed by atoms with Gasteiger partial charge in [0.05, 0.1) is 35.2 Å². The van der Waals surface area contributed by atoms with Crippen molar-refractivity contribution >= 4 is 46.4 Å². The van der Waals surface area contributed by atoms with E-state index < -0.39 is 82.1 Å². The van der Waals surface area contributed by atoms with Gasteiger partial charge in [0.25, 0.3) is 6.01 Å². The van der Waals surface area contributed by atoms with Crippen LogP contribution < -0.4 is 16.0 Å². The number of nitrogens with zero attached hydrogens (tertiary/aromatic N) is 3. The Morgan fingerprint density at radius 3 is 2.29 bits per heavy atom. The van der Waals surface area contributed by atoms with Crippen LogP contribution in [0.3, 0.4) is 0 Å². The van der Waals surface area contributed by atoms with Gasteiger partial charge in [-0.1, -0.05) is 25.1 Å². The third-order valence-corrected chi connectivity index (χ3v) is 10.5. The summed E-state index contributed by atoms with van der Waals surface area (Å²) in [7, 11) is 2.88. The number of phenols is 1. The fourth-order valence-electron chi connectivity index (χ4n) is 8.10. The average molecular weight is 674 g/mol. The molecule has 2 saturated carbocycles. The number of phenolic OH excluding ortho intramolecular Hbond substituents is 1. The Labute approximate surface area is 281 Å². The van der Waals surface area contributed by atoms with Gasteiger partial charge in [-0.25, -0.2) is 0 Å². The molecule has 0 radical (unpaired) electrons. The topological polar surface area (TPSA) is 217 Å². The summed E-state index contributed by atoms with van der Waals surface area (Å²) in [5, 5.41) is 37.9. The fourth-order valence-corrected chi connectivity index (χ4v) is 8.10. The molecule has 1 heterocycles. The number of aromatic nitrogens is 1. The van der Waals surface area contributed by atoms with Gasteiger partial charge in [-0.3, -0.25) is 28.9 Å². The third kappa shape index (κ3) is 4.96. The van der Waals surface area contributed by atoms with E-state index in [2.05, 4.69) is 29.0 Å². The number of oxazole rings is 1. The second kappa shape index (κ2) is 12.2. The zero-order valence-electron chi connectivity index (χ0n) is 27.7. The van der Waals surface area contributed by atoms with E-state index in [1.165, 1.54) is 31.3 Å². The number of aromatic hydroxyl groups is 1. The van der Waals surface area contributed by atoms with Crippen LogP contribution in [0.25, 0.3) is 11.3 Å². The average Bonchev–Trinajstić information content (AvgIpc) is 3.53. The zero-order valence-corrected chi connectivity index (χ0v) is 27.7. The minimum absolute atomic E-state index is 0.0123. The third-order valence-electron chi connectivity index (χ3n) is 10.5. The van der Waals surface area contributed by atoms with Crippen LogP contribution in [0.15, 0.2) is 47.1 Å². The molecule has 8 atom stereocenters. The summed E-state index contributed by atoms with van der Waals surface area (Å²) in [5.74, 6) is -14.0. The number of aliphatic hydroxyl groups excluding tert-OH is 1. The maximum Gasteiger partial charge on any atom is 0.299 e. The van der Waals surface area contributed by atoms with Crippen molar-refractivity contribution in [2.24, 2.45) is 29.4 Å². The smallest absolute Gasteiger partial charge is 0.299 e. The second-order valence-electron chi connectivity index (χ2n) is 13.2. The molecule has 258 valence electrons. The van der Waals surface area contributed by atoms with Gasteiger partial charge in [0.15, 0.2) is 34.7 Å². The van der Waals surface area contributed by atoms with Crippen LogP contribution in [-0.4, -0.2) is 99.2 Å². The van der Waals surface area contributed by atoms with Gasteiger partial charge in [-0.05, 0) is 57.6 Å². The largest absolute Gasteiger partial charge is 0.505 e. The van der Waals surface area contributed by atoms with Crippen LogP contribution in [0, 0.1) is 23.7 Å². The normalized spacial score (nSPS) is 29.3. The number of rotatable bonds is 8. The first-order valence-electron chi connectivity index (χ1n) is 16.1. The molecule has 0 spiro atoms. The van der Waals surface area contributed by atoms with Gasteiger partial charge in [0.1, 0.15) is 17.7 Å². The minimum Gasteiger partial charge on any atom is -0.505 e. The van der Waals surface area contributed by atoms with Crippen molar-refractivity contribution in [1.82, 2.24) is 9.88 Å². The van der Waals surface area contributed by atoms with E-state index in [9.17, 15) is 39.3 Å². The van der Waals surface area contributed by atoms with E-state index in [4.69, 9.17) is 10.2 Å². The maximum absolute atomic E-state index is 14.2. The molecule has 6 N–H and O–H groups in total. The molecule has 2 fully saturated rings. The molecule has 3 aliphatic rings. The van der Waals surface area contributed by atoms with Crippen molar-refractivity contribution < 1.29 is 43.7 Å². The van der Waals surface area contributed by atoms with Crippen molar-refractivity contribution in [3.05, 3.63) is 53.8 Å². The lowest BCUT2D eigenvalue weighted by molar-refractivity contribution is -0.196. The highest BCUT2D eigenvalue weighted by molar-refractivity contribution is 6.32. The molecule has 14 nitrogen and oxygen atoms in total. The van der Waals surface area contributed by atoms with Crippen LogP contribution >= 0.6 is 0 Å². The highest BCUT2D eigenvalue weighted by Gasteiger charge is 2.72. The number of Topliss-reactive ketones (excluding diaryl/α,β-unsaturated/α-hetero) is 4. The minimum atomic E-state index is -3.07. The van der Waals surface area contributed by atoms with Gasteiger partial charge in [0, 0.05) is 30.3 Å². The number of anilines is 3. The summed E-state index contributed by atoms with van der Waals surface area (Å²) < 4.78 is 5.60. The Balaban J connectivity index is 1.34. The van der Waals surface area contributed by atoms with E-state index in [0.29, 0.717) is 11.3 Å². The quantitative estimate of drug-likeness (QED) is 0.170. The predicted molar refractivity (Wildman–Crippen MR) is 176 cm³/mol. The lowest BCUT2D eigenvalue weighted by Crippen LogP contribution is -2.77. The Hall–Kier alpha value is -4.92. The van der Waals surface area contributed by atoms with Crippen molar-refractivity contribution in [2.45, 2.75) is 44.4 Å². The molecule has 14 heteroatoms. The molecule has 3 aliphatic carbocycles. The number of ketones is 4. The number of hydrogen-bond donors (Lipinski definition) is 5. The number of likely N-dealkylation sites (N-methyl/N-ethyl adjacent to an activating group) is 1. The molecule has 49 heavy (non-hydrogen) atoms. The van der Waals surface area contributed by atoms with Gasteiger partial charge < -0.3 is 35.7 Å². The van der Waals surface area contributed by atoms with Crippen molar-refractivity contribution in [3.8, 4) is 17.0 Å². The van der Waals surface area contributed by atoms with Crippen molar-refractivity contribution in [1.29, 1.82) is 0 Å². The first-order chi connectivity index (χ1) is 23.2. The molecule has 1 amide bonds. The monoisotopic (exact) mass is 673 g/mol. The van der Waals surface area contributed by atoms with Crippen LogP contribution in [0.4, 0.5) is 17.4 Å². The number of amides is 1. The van der Waals surface area contributed by atoms with Crippen LogP contribution in [0.5, 0.6) is 5.75 Å². The molecule has 0 aliphatic heterocycles. The van der Waals surface area contributed by atoms with E-state index >= 15 is 0 Å². The number of hydrogen-bond acceptors (Lipinski definition) is 13. The zero-order chi connectivity index (χ0) is 35.7. The Morgan fingerprint density at radius 1 is 1.04 bits per heavy atom. The van der Waals surface area contributed by atoms with Gasteiger partial charge in [-0.2, -0.15) is 4.98 Å². The Morgan fingerprint density at radius 2 is 1.69 bits per heavy atom. The molecule has 3 aromatic rings. The highest BCUT2D eigenvalue weighted by Crippen LogP contribution is 2.55. The summed E-state index contributed by atoms with van der Waals surface area (Å²) >= 11 is 0. The fraction of sp³-hybridized carbons (Fsp3) is 0.429. The Kier molecular flexibility index (Phi) is 8.45. The van der Waals surface area contributed by atoms with E-state index in [-0.39, 0.29) is 17.3 Å². The van der Waals surface area contributed by atoms with E-state index in [0.717, 1.165) is 24.3 Å². The SMILES string of the molecule is CCN(CC)c1ccc(-c2coc(Nc3ccc4c(c3O)C(=O)C3C(=O)[C@]5(O)C(=O)C(C(N)=O)C(=O)[C@@H](N(C)C)[C@@H]5[C@@H](O)[C@@H]3[C@H]4C)n2)cc1. The lowest BCUT2D eigenvalue weighted by atomic mass is 9.49. The summed E-state index contributed by atoms with van der Waals surface area (Å²) in [6.07, 6.45) is -0.270. The summed E-state index contributed by atoms with van der Waals surface area (Å²) in [5.41, 5.74) is 4.78. The number of primary amides is 1. The molecule has 0 bridgehead atoms. The van der Waals surface area contributed by atoms with Crippen molar-refractivity contribution in [3.63, 3.8) is 0 Å². The number of nitrogens with two attached hydrogens (primary N) is 1. The van der Waals surface area contributed by atoms with Crippen LogP contribution in [0.2, 0.25) is 0 Å². The number of nitrogens with one attached hydrogen (secondary N) is 1. The van der Waals surface area contributed by atoms with Gasteiger partial charge >= 0.3 is 0 Å². The van der Waals surface area contributed by atoms with E-state index in [1.54, 1.807) is 13.0 Å². The summed E-state index contributed by atoms with van der Waals surface area (Å²) in [4.78, 5) is 75.4. The second-order valence-corrected chi connectivity index (χ2v) is 13.2. The molecule has 6 rings (SSSR count). The predicted octanol–water partition coefficient (Wildman–Crippen LogP) is 1.64. The number of carbonyl (C=O) groups excluding carboxylic acids is 5. The number of aliphatic hydroxyl groups is 2. The summed E-state index contributed by atoms with van der Waals surface area (Å²) in [6.45, 7) is 7.52. The van der Waals surface area contributed by atoms with Crippen molar-refractivity contribution in [2.75, 3.05) is 37.4 Å². The molecular weight excluding hydrogens is 634 g/mol. The maximum atomic E-state index is 14.2. The van der Waals surface area contributed by atoms with Crippen LogP contribution in [0.1, 0.15) is 42.6 Å². The number of fused-ring (bicyclic) bond motifs is 3. The van der Waals surface area contributed by atoms with Crippen LogP contribution in [-0.2, 0) is 19.2 Å². The molecular formula is C35H39N5O9. The first-order valence-corrected chi connectivity index (χ1v) is 16.1. The van der Waals surface area contributed by atoms with Gasteiger partial charge in [-0.15, -0.1) is 0 Å². The molecule has 0 saturated heterocycles. The molecule has 2 aromatic carbocycles. The summed E-state index contributed by atoms with van der Waals surface area (Å²) in [6, 6.07) is 9.43. The standard InChI is InChI=1S/C35H39N5O9/c1-6-40(7-2)17-10-8-16(9-11-17)20-14-49-34(38-20)37-19-13-12-18-15(3)21-23(28(42)22(18)27(19)41)31(45)35(48)25(29(21)43)26(39(4)5)30(44)24(32(35)46)33(36)47/h8-15,21,23-26,29,41,43,48H,6-7H2,1-5H3,(H2,36,47)(H,37,38)/t15-,21+,23?,24?,25+,26-,29-,35-/m0/s1. The lowest BCUT2D eigenvalue weighted by Gasteiger charge is -2.56. The molecule has 2 unspecified atom stereocenters. The number of carbonyl (C=O) groups is 5. The Bertz CT molecular complexity index is 1870. The first kappa shape index (κ1) is 34.0.